The number of hydrogen-bond donors (Lipinski definition) is 1. The van der Waals surface area contributed by atoms with Crippen molar-refractivity contribution in [1.29, 1.82) is 0 Å². The maximum Gasteiger partial charge on any atom is 0.417 e. The molecule has 1 amide bonds. The number of anilines is 1. The van der Waals surface area contributed by atoms with E-state index in [9.17, 15) is 18.0 Å². The minimum absolute atomic E-state index is 0.162. The van der Waals surface area contributed by atoms with Crippen LogP contribution in [0.3, 0.4) is 0 Å². The molecule has 2 heterocycles. The van der Waals surface area contributed by atoms with Gasteiger partial charge >= 0.3 is 6.18 Å². The number of carbonyl (C=O) groups is 1. The van der Waals surface area contributed by atoms with Crippen molar-refractivity contribution in [3.05, 3.63) is 52.7 Å². The molecule has 1 fully saturated rings. The highest BCUT2D eigenvalue weighted by molar-refractivity contribution is 6.31. The predicted molar refractivity (Wildman–Crippen MR) is 95.3 cm³/mol. The lowest BCUT2D eigenvalue weighted by atomic mass is 10.1. The molecule has 5 nitrogen and oxygen atoms in total. The number of hydrogen-bond acceptors (Lipinski definition) is 4. The number of pyridine rings is 1. The van der Waals surface area contributed by atoms with Gasteiger partial charge in [0, 0.05) is 30.4 Å². The van der Waals surface area contributed by atoms with Crippen LogP contribution in [0, 0.1) is 0 Å². The van der Waals surface area contributed by atoms with E-state index in [0.717, 1.165) is 12.3 Å². The van der Waals surface area contributed by atoms with Gasteiger partial charge < -0.3 is 15.0 Å². The standard InChI is InChI=1S/C18H17ClF3N3O2/c1-27-15-4-3-12(19)8-14(15)17(26)24-13-6-7-25(10-13)16-5-2-11(9-23-16)18(20,21)22/h2-5,8-9,13H,6-7,10H2,1H3,(H,24,26)/t13-/m1/s1. The average molecular weight is 400 g/mol. The van der Waals surface area contributed by atoms with E-state index in [2.05, 4.69) is 10.3 Å². The summed E-state index contributed by atoms with van der Waals surface area (Å²) < 4.78 is 43.1. The zero-order valence-electron chi connectivity index (χ0n) is 14.4. The molecule has 1 atom stereocenters. The lowest BCUT2D eigenvalue weighted by Gasteiger charge is -2.19. The van der Waals surface area contributed by atoms with Crippen LogP contribution < -0.4 is 15.0 Å². The number of ether oxygens (including phenoxy) is 1. The number of rotatable bonds is 4. The molecule has 0 saturated carbocycles. The second kappa shape index (κ2) is 7.64. The molecule has 1 N–H and O–H groups in total. The maximum atomic E-state index is 12.6. The number of aromatic nitrogens is 1. The fourth-order valence-corrected chi connectivity index (χ4v) is 3.12. The molecule has 1 aromatic carbocycles. The fourth-order valence-electron chi connectivity index (χ4n) is 2.95. The molecule has 27 heavy (non-hydrogen) atoms. The Morgan fingerprint density at radius 1 is 1.33 bits per heavy atom. The van der Waals surface area contributed by atoms with Crippen LogP contribution in [-0.4, -0.2) is 37.1 Å². The molecule has 2 aromatic rings. The Kier molecular flexibility index (Phi) is 5.46. The van der Waals surface area contributed by atoms with Gasteiger partial charge in [-0.25, -0.2) is 4.98 Å². The molecule has 1 saturated heterocycles. The zero-order chi connectivity index (χ0) is 19.6. The summed E-state index contributed by atoms with van der Waals surface area (Å²) in [6.07, 6.45) is -2.95. The normalized spacial score (nSPS) is 17.1. The van der Waals surface area contributed by atoms with Crippen LogP contribution in [0.5, 0.6) is 5.75 Å². The highest BCUT2D eigenvalue weighted by atomic mass is 35.5. The third-order valence-corrected chi connectivity index (χ3v) is 4.56. The van der Waals surface area contributed by atoms with E-state index >= 15 is 0 Å². The molecule has 1 aliphatic rings. The van der Waals surface area contributed by atoms with Crippen LogP contribution >= 0.6 is 11.6 Å². The van der Waals surface area contributed by atoms with Gasteiger partial charge in [0.25, 0.3) is 5.91 Å². The van der Waals surface area contributed by atoms with Crippen LogP contribution in [0.2, 0.25) is 5.02 Å². The maximum absolute atomic E-state index is 12.6. The van der Waals surface area contributed by atoms with Crippen molar-refractivity contribution in [2.45, 2.75) is 18.6 Å². The SMILES string of the molecule is COc1ccc(Cl)cc1C(=O)N[C@@H]1CCN(c2ccc(C(F)(F)F)cn2)C1. The Morgan fingerprint density at radius 2 is 2.11 bits per heavy atom. The van der Waals surface area contributed by atoms with Gasteiger partial charge in [0.15, 0.2) is 0 Å². The minimum Gasteiger partial charge on any atom is -0.496 e. The Labute approximate surface area is 159 Å². The van der Waals surface area contributed by atoms with E-state index in [4.69, 9.17) is 16.3 Å². The zero-order valence-corrected chi connectivity index (χ0v) is 15.1. The van der Waals surface area contributed by atoms with E-state index < -0.39 is 11.7 Å². The molecule has 1 aliphatic heterocycles. The smallest absolute Gasteiger partial charge is 0.417 e. The number of nitrogens with zero attached hydrogens (tertiary/aromatic N) is 2. The summed E-state index contributed by atoms with van der Waals surface area (Å²) in [6, 6.07) is 6.96. The summed E-state index contributed by atoms with van der Waals surface area (Å²) in [7, 11) is 1.47. The van der Waals surface area contributed by atoms with Crippen molar-refractivity contribution in [2.24, 2.45) is 0 Å². The molecule has 0 unspecified atom stereocenters. The van der Waals surface area contributed by atoms with E-state index in [0.29, 0.717) is 41.7 Å². The molecule has 0 aliphatic carbocycles. The number of nitrogens with one attached hydrogen (secondary N) is 1. The first-order valence-electron chi connectivity index (χ1n) is 8.20. The van der Waals surface area contributed by atoms with Gasteiger partial charge in [0.2, 0.25) is 0 Å². The van der Waals surface area contributed by atoms with Gasteiger partial charge in [-0.15, -0.1) is 0 Å². The number of methoxy groups -OCH3 is 1. The number of alkyl halides is 3. The lowest BCUT2D eigenvalue weighted by Crippen LogP contribution is -2.37. The van der Waals surface area contributed by atoms with Crippen molar-refractivity contribution < 1.29 is 22.7 Å². The molecule has 9 heteroatoms. The molecule has 3 rings (SSSR count). The van der Waals surface area contributed by atoms with Crippen LogP contribution in [0.15, 0.2) is 36.5 Å². The quantitative estimate of drug-likeness (QED) is 0.850. The Bertz CT molecular complexity index is 828. The third-order valence-electron chi connectivity index (χ3n) is 4.33. The summed E-state index contributed by atoms with van der Waals surface area (Å²) in [6.45, 7) is 1.03. The molecule has 1 aromatic heterocycles. The second-order valence-corrected chi connectivity index (χ2v) is 6.59. The van der Waals surface area contributed by atoms with Gasteiger partial charge in [0.05, 0.1) is 18.2 Å². The Hall–Kier alpha value is -2.48. The highest BCUT2D eigenvalue weighted by Crippen LogP contribution is 2.30. The van der Waals surface area contributed by atoms with Crippen LogP contribution in [0.4, 0.5) is 19.0 Å². The molecular weight excluding hydrogens is 383 g/mol. The summed E-state index contributed by atoms with van der Waals surface area (Å²) in [5.41, 5.74) is -0.459. The average Bonchev–Trinajstić information content (AvgIpc) is 3.09. The monoisotopic (exact) mass is 399 g/mol. The molecule has 0 spiro atoms. The van der Waals surface area contributed by atoms with E-state index in [-0.39, 0.29) is 11.9 Å². The van der Waals surface area contributed by atoms with E-state index in [1.165, 1.54) is 19.2 Å². The van der Waals surface area contributed by atoms with Crippen molar-refractivity contribution in [2.75, 3.05) is 25.1 Å². The Morgan fingerprint density at radius 3 is 2.74 bits per heavy atom. The molecule has 144 valence electrons. The molecular formula is C18H17ClF3N3O2. The number of halogens is 4. The largest absolute Gasteiger partial charge is 0.496 e. The van der Waals surface area contributed by atoms with Crippen LogP contribution in [0.1, 0.15) is 22.3 Å². The topological polar surface area (TPSA) is 54.5 Å². The van der Waals surface area contributed by atoms with E-state index in [1.807, 2.05) is 4.90 Å². The van der Waals surface area contributed by atoms with Gasteiger partial charge in [0.1, 0.15) is 11.6 Å². The van der Waals surface area contributed by atoms with Crippen LogP contribution in [0.25, 0.3) is 0 Å². The van der Waals surface area contributed by atoms with Gasteiger partial charge in [-0.3, -0.25) is 4.79 Å². The van der Waals surface area contributed by atoms with Crippen LogP contribution in [-0.2, 0) is 6.18 Å². The molecule has 0 radical (unpaired) electrons. The first-order chi connectivity index (χ1) is 12.8. The second-order valence-electron chi connectivity index (χ2n) is 6.15. The summed E-state index contributed by atoms with van der Waals surface area (Å²) >= 11 is 5.95. The molecule has 0 bridgehead atoms. The third kappa shape index (κ3) is 4.44. The minimum atomic E-state index is -4.41. The van der Waals surface area contributed by atoms with Gasteiger partial charge in [-0.2, -0.15) is 13.2 Å². The predicted octanol–water partition coefficient (Wildman–Crippen LogP) is 3.77. The fraction of sp³-hybridized carbons (Fsp3) is 0.333. The number of carbonyl (C=O) groups excluding carboxylic acids is 1. The summed E-state index contributed by atoms with van der Waals surface area (Å²) in [5, 5.41) is 3.32. The first-order valence-corrected chi connectivity index (χ1v) is 8.58. The van der Waals surface area contributed by atoms with Crippen molar-refractivity contribution in [3.8, 4) is 5.75 Å². The number of amides is 1. The van der Waals surface area contributed by atoms with Crippen molar-refractivity contribution >= 4 is 23.3 Å². The highest BCUT2D eigenvalue weighted by Gasteiger charge is 2.31. The summed E-state index contributed by atoms with van der Waals surface area (Å²) in [5.74, 6) is 0.540. The first kappa shape index (κ1) is 19.3. The van der Waals surface area contributed by atoms with Gasteiger partial charge in [-0.1, -0.05) is 11.6 Å². The van der Waals surface area contributed by atoms with Crippen molar-refractivity contribution in [3.63, 3.8) is 0 Å². The summed E-state index contributed by atoms with van der Waals surface area (Å²) in [4.78, 5) is 18.2. The Balaban J connectivity index is 1.65. The van der Waals surface area contributed by atoms with E-state index in [1.54, 1.807) is 12.1 Å². The lowest BCUT2D eigenvalue weighted by molar-refractivity contribution is -0.137. The van der Waals surface area contributed by atoms with Gasteiger partial charge in [-0.05, 0) is 36.8 Å². The number of benzene rings is 1. The van der Waals surface area contributed by atoms with Crippen molar-refractivity contribution in [1.82, 2.24) is 10.3 Å².